The third-order valence-corrected chi connectivity index (χ3v) is 6.08. The molecule has 2 aromatic heterocycles. The van der Waals surface area contributed by atoms with Gasteiger partial charge in [0, 0.05) is 41.8 Å². The number of aromatic amines is 1. The summed E-state index contributed by atoms with van der Waals surface area (Å²) in [4.78, 5) is 10.9. The maximum absolute atomic E-state index is 13.6. The average Bonchev–Trinajstić information content (AvgIpc) is 3.08. The summed E-state index contributed by atoms with van der Waals surface area (Å²) in [6, 6.07) is 5.05. The van der Waals surface area contributed by atoms with Crippen LogP contribution in [0.3, 0.4) is 0 Å². The summed E-state index contributed by atoms with van der Waals surface area (Å²) >= 11 is 0. The van der Waals surface area contributed by atoms with Gasteiger partial charge in [0.1, 0.15) is 12.7 Å². The third-order valence-electron chi connectivity index (χ3n) is 4.54. The molecule has 3 rings (SSSR count). The first kappa shape index (κ1) is 21.3. The van der Waals surface area contributed by atoms with E-state index in [1.807, 2.05) is 0 Å². The molecule has 29 heavy (non-hydrogen) atoms. The molecule has 0 radical (unpaired) electrons. The molecule has 0 aliphatic carbocycles. The number of rotatable bonds is 6. The fraction of sp³-hybridized carbons (Fsp3) is 0.368. The molecule has 0 fully saturated rings. The number of benzene rings is 1. The fourth-order valence-corrected chi connectivity index (χ4v) is 4.16. The summed E-state index contributed by atoms with van der Waals surface area (Å²) in [6.45, 7) is 5.25. The van der Waals surface area contributed by atoms with Gasteiger partial charge in [-0.3, -0.25) is 0 Å². The predicted molar refractivity (Wildman–Crippen MR) is 108 cm³/mol. The van der Waals surface area contributed by atoms with Crippen LogP contribution >= 0.6 is 7.14 Å². The average molecular weight is 426 g/mol. The molecule has 1 atom stereocenters. The van der Waals surface area contributed by atoms with Crippen molar-refractivity contribution in [2.75, 3.05) is 31.8 Å². The van der Waals surface area contributed by atoms with Crippen molar-refractivity contribution in [2.24, 2.45) is 5.92 Å². The zero-order valence-electron chi connectivity index (χ0n) is 16.2. The second kappa shape index (κ2) is 7.80. The summed E-state index contributed by atoms with van der Waals surface area (Å²) in [6.07, 6.45) is -2.44. The first-order chi connectivity index (χ1) is 13.5. The van der Waals surface area contributed by atoms with Gasteiger partial charge in [0.2, 0.25) is 5.95 Å². The van der Waals surface area contributed by atoms with Gasteiger partial charge in [-0.2, -0.15) is 13.2 Å². The Hall–Kier alpha value is -2.38. The van der Waals surface area contributed by atoms with E-state index in [4.69, 9.17) is 5.11 Å². The van der Waals surface area contributed by atoms with Crippen molar-refractivity contribution in [3.05, 3.63) is 36.2 Å². The number of aromatic nitrogens is 3. The highest BCUT2D eigenvalue weighted by Crippen LogP contribution is 2.41. The lowest BCUT2D eigenvalue weighted by atomic mass is 10.1. The molecule has 0 saturated heterocycles. The van der Waals surface area contributed by atoms with Crippen LogP contribution in [0, 0.1) is 5.92 Å². The Kier molecular flexibility index (Phi) is 5.74. The number of alkyl halides is 3. The maximum atomic E-state index is 13.6. The molecule has 1 aromatic carbocycles. The highest BCUT2D eigenvalue weighted by atomic mass is 31.2. The molecule has 156 valence electrons. The first-order valence-electron chi connectivity index (χ1n) is 8.97. The molecule has 3 aromatic rings. The van der Waals surface area contributed by atoms with Crippen molar-refractivity contribution in [1.82, 2.24) is 15.0 Å². The summed E-state index contributed by atoms with van der Waals surface area (Å²) in [5, 5.41) is 13.1. The van der Waals surface area contributed by atoms with Crippen LogP contribution in [0.25, 0.3) is 22.2 Å². The van der Waals surface area contributed by atoms with Crippen molar-refractivity contribution in [3.8, 4) is 11.3 Å². The molecular weight excluding hydrogens is 404 g/mol. The second-order valence-electron chi connectivity index (χ2n) is 7.38. The van der Waals surface area contributed by atoms with E-state index in [0.29, 0.717) is 22.8 Å². The number of nitrogens with zero attached hydrogens (tertiary/aromatic N) is 2. The maximum Gasteiger partial charge on any atom is 0.419 e. The van der Waals surface area contributed by atoms with Crippen molar-refractivity contribution >= 4 is 29.3 Å². The minimum absolute atomic E-state index is 0.0375. The number of halogens is 3. The Bertz CT molecular complexity index is 1070. The Labute approximate surface area is 166 Å². The molecule has 10 heteroatoms. The van der Waals surface area contributed by atoms with Gasteiger partial charge in [-0.15, -0.1) is 0 Å². The van der Waals surface area contributed by atoms with Crippen molar-refractivity contribution < 1.29 is 22.8 Å². The van der Waals surface area contributed by atoms with Gasteiger partial charge in [-0.25, -0.2) is 9.97 Å². The molecule has 3 N–H and O–H groups in total. The number of H-pyrrole nitrogens is 1. The number of hydrogen-bond acceptors (Lipinski definition) is 5. The minimum atomic E-state index is -4.64. The van der Waals surface area contributed by atoms with Crippen molar-refractivity contribution in [1.29, 1.82) is 0 Å². The number of aliphatic hydroxyl groups is 1. The molecule has 2 heterocycles. The standard InChI is InChI=1S/C19H22F3N4O2P/c1-11(10-27)7-24-18-25-9-14(19(20,21)22)16(26-18)13-8-23-17-12(13)5-4-6-15(17)29(2,3)28/h4-6,8-9,11,23,27H,7,10H2,1-3H3,(H,24,25,26). The number of nitrogens with one attached hydrogen (secondary N) is 2. The van der Waals surface area contributed by atoms with Crippen LogP contribution in [0.2, 0.25) is 0 Å². The van der Waals surface area contributed by atoms with E-state index in [1.54, 1.807) is 38.5 Å². The summed E-state index contributed by atoms with van der Waals surface area (Å²) < 4.78 is 53.4. The molecule has 0 aliphatic heterocycles. The second-order valence-corrected chi connectivity index (χ2v) is 10.6. The lowest BCUT2D eigenvalue weighted by Gasteiger charge is -2.14. The van der Waals surface area contributed by atoms with Crippen LogP contribution in [0.1, 0.15) is 12.5 Å². The van der Waals surface area contributed by atoms with E-state index < -0.39 is 18.9 Å². The SMILES string of the molecule is CC(CO)CNc1ncc(C(F)(F)F)c(-c2c[nH]c3c(P(C)(C)=O)cccc23)n1. The quantitative estimate of drug-likeness (QED) is 0.520. The Morgan fingerprint density at radius 3 is 2.66 bits per heavy atom. The van der Waals surface area contributed by atoms with Crippen LogP contribution in [0.5, 0.6) is 0 Å². The number of aliphatic hydroxyl groups excluding tert-OH is 1. The van der Waals surface area contributed by atoms with Crippen LogP contribution in [0.15, 0.2) is 30.6 Å². The number of para-hydroxylation sites is 1. The minimum Gasteiger partial charge on any atom is -0.396 e. The van der Waals surface area contributed by atoms with Gasteiger partial charge >= 0.3 is 6.18 Å². The van der Waals surface area contributed by atoms with Gasteiger partial charge in [0.25, 0.3) is 0 Å². The number of fused-ring (bicyclic) bond motifs is 1. The zero-order valence-corrected chi connectivity index (χ0v) is 17.1. The highest BCUT2D eigenvalue weighted by molar-refractivity contribution is 7.70. The van der Waals surface area contributed by atoms with E-state index >= 15 is 0 Å². The fourth-order valence-electron chi connectivity index (χ4n) is 2.99. The van der Waals surface area contributed by atoms with Crippen LogP contribution in [-0.4, -0.2) is 46.5 Å². The summed E-state index contributed by atoms with van der Waals surface area (Å²) in [7, 11) is -2.64. The molecular formula is C19H22F3N4O2P. The van der Waals surface area contributed by atoms with E-state index in [9.17, 15) is 17.7 Å². The van der Waals surface area contributed by atoms with Crippen molar-refractivity contribution in [2.45, 2.75) is 13.1 Å². The molecule has 6 nitrogen and oxygen atoms in total. The van der Waals surface area contributed by atoms with Gasteiger partial charge in [0.15, 0.2) is 0 Å². The Morgan fingerprint density at radius 2 is 2.03 bits per heavy atom. The van der Waals surface area contributed by atoms with Crippen LogP contribution in [-0.2, 0) is 10.7 Å². The zero-order chi connectivity index (χ0) is 21.4. The highest BCUT2D eigenvalue weighted by Gasteiger charge is 2.36. The molecule has 0 amide bonds. The molecule has 1 unspecified atom stereocenters. The Morgan fingerprint density at radius 1 is 1.31 bits per heavy atom. The van der Waals surface area contributed by atoms with E-state index in [0.717, 1.165) is 6.20 Å². The molecule has 0 saturated carbocycles. The molecule has 0 spiro atoms. The van der Waals surface area contributed by atoms with Gasteiger partial charge in [0.05, 0.1) is 11.2 Å². The predicted octanol–water partition coefficient (Wildman–Crippen LogP) is 3.93. The topological polar surface area (TPSA) is 90.9 Å². The van der Waals surface area contributed by atoms with Crippen LogP contribution < -0.4 is 10.6 Å². The van der Waals surface area contributed by atoms with Gasteiger partial charge in [-0.05, 0) is 25.3 Å². The normalized spacial score (nSPS) is 13.6. The van der Waals surface area contributed by atoms with E-state index in [-0.39, 0.29) is 29.7 Å². The van der Waals surface area contributed by atoms with E-state index in [2.05, 4.69) is 20.3 Å². The molecule has 0 aliphatic rings. The number of hydrogen-bond donors (Lipinski definition) is 3. The Balaban J connectivity index is 2.17. The first-order valence-corrected chi connectivity index (χ1v) is 11.6. The smallest absolute Gasteiger partial charge is 0.396 e. The molecule has 0 bridgehead atoms. The third kappa shape index (κ3) is 4.46. The monoisotopic (exact) mass is 426 g/mol. The summed E-state index contributed by atoms with van der Waals surface area (Å²) in [5.41, 5.74) is -0.438. The largest absolute Gasteiger partial charge is 0.419 e. The van der Waals surface area contributed by atoms with Gasteiger partial charge < -0.3 is 20.0 Å². The number of anilines is 1. The van der Waals surface area contributed by atoms with E-state index in [1.165, 1.54) is 6.20 Å². The summed E-state index contributed by atoms with van der Waals surface area (Å²) in [5.74, 6) is -0.0706. The van der Waals surface area contributed by atoms with Crippen molar-refractivity contribution in [3.63, 3.8) is 0 Å². The van der Waals surface area contributed by atoms with Gasteiger partial charge in [-0.1, -0.05) is 19.1 Å². The van der Waals surface area contributed by atoms with Crippen LogP contribution in [0.4, 0.5) is 19.1 Å². The lowest BCUT2D eigenvalue weighted by molar-refractivity contribution is -0.137. The lowest BCUT2D eigenvalue weighted by Crippen LogP contribution is -2.17.